The van der Waals surface area contributed by atoms with Crippen LogP contribution in [0, 0.1) is 0 Å². The van der Waals surface area contributed by atoms with E-state index >= 15 is 0 Å². The molecular weight excluding hydrogens is 232 g/mol. The number of carbonyl (C=O) groups excluding carboxylic acids is 1. The molecule has 0 aromatic carbocycles. The number of rotatable bonds is 4. The number of nitrogens with one attached hydrogen (secondary N) is 2. The molecule has 2 N–H and O–H groups in total. The molecule has 1 heterocycles. The highest BCUT2D eigenvalue weighted by molar-refractivity contribution is 7.99. The van der Waals surface area contributed by atoms with Crippen molar-refractivity contribution in [3.63, 3.8) is 0 Å². The fraction of sp³-hybridized carbons (Fsp3) is 0.923. The maximum atomic E-state index is 12.0. The van der Waals surface area contributed by atoms with Gasteiger partial charge < -0.3 is 10.6 Å². The molecule has 0 aromatic rings. The van der Waals surface area contributed by atoms with Gasteiger partial charge in [0.05, 0.1) is 6.04 Å². The molecule has 1 saturated carbocycles. The topological polar surface area (TPSA) is 41.1 Å². The lowest BCUT2D eigenvalue weighted by atomic mass is 9.94. The minimum Gasteiger partial charge on any atom is -0.352 e. The van der Waals surface area contributed by atoms with Crippen LogP contribution in [-0.2, 0) is 4.79 Å². The van der Waals surface area contributed by atoms with Crippen LogP contribution in [0.2, 0.25) is 0 Å². The molecular formula is C13H24N2OS. The Balaban J connectivity index is 1.75. The molecule has 1 aliphatic carbocycles. The van der Waals surface area contributed by atoms with Crippen LogP contribution in [-0.4, -0.2) is 35.5 Å². The Bertz CT molecular complexity index is 252. The minimum atomic E-state index is 0.0780. The van der Waals surface area contributed by atoms with Crippen LogP contribution >= 0.6 is 11.8 Å². The summed E-state index contributed by atoms with van der Waals surface area (Å²) in [5, 5.41) is 7.26. The quantitative estimate of drug-likeness (QED) is 0.807. The Morgan fingerprint density at radius 3 is 2.94 bits per heavy atom. The van der Waals surface area contributed by atoms with Crippen molar-refractivity contribution in [3.05, 3.63) is 0 Å². The highest BCUT2D eigenvalue weighted by atomic mass is 32.2. The second kappa shape index (κ2) is 6.64. The first-order valence-corrected chi connectivity index (χ1v) is 8.00. The van der Waals surface area contributed by atoms with Crippen molar-refractivity contribution in [2.45, 2.75) is 62.8 Å². The zero-order chi connectivity index (χ0) is 12.1. The number of carbonyl (C=O) groups is 1. The molecule has 2 rings (SSSR count). The van der Waals surface area contributed by atoms with E-state index in [9.17, 15) is 4.79 Å². The van der Waals surface area contributed by atoms with Crippen molar-refractivity contribution in [2.75, 3.05) is 12.3 Å². The summed E-state index contributed by atoms with van der Waals surface area (Å²) < 4.78 is 0. The average molecular weight is 256 g/mol. The second-order valence-electron chi connectivity index (χ2n) is 5.10. The number of amides is 1. The van der Waals surface area contributed by atoms with E-state index in [0.29, 0.717) is 6.04 Å². The van der Waals surface area contributed by atoms with Crippen molar-refractivity contribution >= 4 is 17.7 Å². The van der Waals surface area contributed by atoms with Crippen LogP contribution in [0.5, 0.6) is 0 Å². The van der Waals surface area contributed by atoms with Crippen molar-refractivity contribution in [1.82, 2.24) is 10.6 Å². The second-order valence-corrected chi connectivity index (χ2v) is 6.68. The van der Waals surface area contributed by atoms with E-state index in [1.54, 1.807) is 0 Å². The molecule has 17 heavy (non-hydrogen) atoms. The van der Waals surface area contributed by atoms with Crippen LogP contribution in [0.4, 0.5) is 0 Å². The summed E-state index contributed by atoms with van der Waals surface area (Å²) in [6, 6.07) is 0.497. The van der Waals surface area contributed by atoms with Crippen molar-refractivity contribution in [1.29, 1.82) is 0 Å². The van der Waals surface area contributed by atoms with Crippen LogP contribution in [0.1, 0.15) is 45.4 Å². The minimum absolute atomic E-state index is 0.0780. The first-order chi connectivity index (χ1) is 8.29. The van der Waals surface area contributed by atoms with Crippen LogP contribution in [0.15, 0.2) is 0 Å². The zero-order valence-electron chi connectivity index (χ0n) is 10.7. The average Bonchev–Trinajstić information content (AvgIpc) is 2.83. The fourth-order valence-electron chi connectivity index (χ4n) is 2.87. The molecule has 0 spiro atoms. The third-order valence-electron chi connectivity index (χ3n) is 3.75. The van der Waals surface area contributed by atoms with Crippen LogP contribution in [0.3, 0.4) is 0 Å². The lowest BCUT2D eigenvalue weighted by Crippen LogP contribution is -2.47. The molecule has 98 valence electrons. The standard InChI is InChI=1S/C13H24N2OS/c1-2-17-11-6-3-5-10(9-11)15-13(16)12-7-4-8-14-12/h10-12,14H,2-9H2,1H3,(H,15,16)/t10-,11+,12+/m0/s1. The molecule has 3 nitrogen and oxygen atoms in total. The number of thioether (sulfide) groups is 1. The van der Waals surface area contributed by atoms with Gasteiger partial charge in [-0.1, -0.05) is 13.3 Å². The summed E-state index contributed by atoms with van der Waals surface area (Å²) in [5.41, 5.74) is 0. The van der Waals surface area contributed by atoms with E-state index in [-0.39, 0.29) is 11.9 Å². The Morgan fingerprint density at radius 2 is 2.24 bits per heavy atom. The van der Waals surface area contributed by atoms with Gasteiger partial charge in [0, 0.05) is 11.3 Å². The molecule has 0 unspecified atom stereocenters. The summed E-state index contributed by atoms with van der Waals surface area (Å²) in [6.45, 7) is 3.21. The fourth-order valence-corrected chi connectivity index (χ4v) is 4.05. The Kier molecular flexibility index (Phi) is 5.16. The van der Waals surface area contributed by atoms with Gasteiger partial charge in [-0.15, -0.1) is 0 Å². The van der Waals surface area contributed by atoms with Gasteiger partial charge in [-0.3, -0.25) is 4.79 Å². The molecule has 1 aliphatic heterocycles. The van der Waals surface area contributed by atoms with E-state index in [0.717, 1.165) is 31.1 Å². The largest absolute Gasteiger partial charge is 0.352 e. The maximum absolute atomic E-state index is 12.0. The van der Waals surface area contributed by atoms with E-state index in [1.165, 1.54) is 25.0 Å². The van der Waals surface area contributed by atoms with Crippen molar-refractivity contribution in [3.8, 4) is 0 Å². The van der Waals surface area contributed by atoms with E-state index < -0.39 is 0 Å². The highest BCUT2D eigenvalue weighted by Crippen LogP contribution is 2.28. The predicted molar refractivity (Wildman–Crippen MR) is 73.3 cm³/mol. The molecule has 0 aromatic heterocycles. The molecule has 1 amide bonds. The van der Waals surface area contributed by atoms with Gasteiger partial charge >= 0.3 is 0 Å². The van der Waals surface area contributed by atoms with Crippen LogP contribution in [0.25, 0.3) is 0 Å². The van der Waals surface area contributed by atoms with E-state index in [4.69, 9.17) is 0 Å². The van der Waals surface area contributed by atoms with Crippen molar-refractivity contribution in [2.24, 2.45) is 0 Å². The molecule has 0 bridgehead atoms. The van der Waals surface area contributed by atoms with E-state index in [1.807, 2.05) is 11.8 Å². The Labute approximate surface area is 108 Å². The third-order valence-corrected chi connectivity index (χ3v) is 4.98. The number of hydrogen-bond acceptors (Lipinski definition) is 3. The molecule has 3 atom stereocenters. The SMILES string of the molecule is CCS[C@@H]1CCC[C@H](NC(=O)[C@H]2CCCN2)C1. The first kappa shape index (κ1) is 13.2. The number of hydrogen-bond donors (Lipinski definition) is 2. The lowest BCUT2D eigenvalue weighted by molar-refractivity contribution is -0.123. The Hall–Kier alpha value is -0.220. The van der Waals surface area contributed by atoms with Gasteiger partial charge in [0.15, 0.2) is 0 Å². The van der Waals surface area contributed by atoms with Crippen molar-refractivity contribution < 1.29 is 4.79 Å². The van der Waals surface area contributed by atoms with Gasteiger partial charge in [-0.05, 0) is 44.4 Å². The van der Waals surface area contributed by atoms with Crippen LogP contribution < -0.4 is 10.6 Å². The summed E-state index contributed by atoms with van der Waals surface area (Å²) in [6.07, 6.45) is 7.06. The van der Waals surface area contributed by atoms with Gasteiger partial charge in [0.25, 0.3) is 0 Å². The highest BCUT2D eigenvalue weighted by Gasteiger charge is 2.27. The monoisotopic (exact) mass is 256 g/mol. The molecule has 1 saturated heterocycles. The molecule has 2 fully saturated rings. The third kappa shape index (κ3) is 3.88. The Morgan fingerprint density at radius 1 is 1.35 bits per heavy atom. The summed E-state index contributed by atoms with van der Waals surface area (Å²) in [4.78, 5) is 12.0. The predicted octanol–water partition coefficient (Wildman–Crippen LogP) is 1.92. The van der Waals surface area contributed by atoms with Gasteiger partial charge in [-0.2, -0.15) is 11.8 Å². The lowest BCUT2D eigenvalue weighted by Gasteiger charge is -2.30. The first-order valence-electron chi connectivity index (χ1n) is 6.95. The molecule has 0 radical (unpaired) electrons. The van der Waals surface area contributed by atoms with Gasteiger partial charge in [0.1, 0.15) is 0 Å². The zero-order valence-corrected chi connectivity index (χ0v) is 11.5. The maximum Gasteiger partial charge on any atom is 0.237 e. The van der Waals surface area contributed by atoms with E-state index in [2.05, 4.69) is 17.6 Å². The van der Waals surface area contributed by atoms with Gasteiger partial charge in [-0.25, -0.2) is 0 Å². The smallest absolute Gasteiger partial charge is 0.237 e. The normalized spacial score (nSPS) is 33.6. The summed E-state index contributed by atoms with van der Waals surface area (Å²) in [7, 11) is 0. The summed E-state index contributed by atoms with van der Waals surface area (Å²) >= 11 is 2.05. The molecule has 2 aliphatic rings. The van der Waals surface area contributed by atoms with Gasteiger partial charge in [0.2, 0.25) is 5.91 Å². The molecule has 4 heteroatoms. The summed E-state index contributed by atoms with van der Waals surface area (Å²) in [5.74, 6) is 1.42.